The molecule has 1 fully saturated rings. The highest BCUT2D eigenvalue weighted by molar-refractivity contribution is 5.59. The van der Waals surface area contributed by atoms with E-state index in [-0.39, 0.29) is 0 Å². The Morgan fingerprint density at radius 1 is 1.29 bits per heavy atom. The van der Waals surface area contributed by atoms with Crippen molar-refractivity contribution in [2.45, 2.75) is 32.7 Å². The van der Waals surface area contributed by atoms with E-state index in [1.54, 1.807) is 0 Å². The summed E-state index contributed by atoms with van der Waals surface area (Å²) in [5, 5.41) is 3.53. The molecule has 0 saturated carbocycles. The highest BCUT2D eigenvalue weighted by Gasteiger charge is 2.38. The van der Waals surface area contributed by atoms with Gasteiger partial charge in [-0.2, -0.15) is 0 Å². The Balaban J connectivity index is 1.91. The summed E-state index contributed by atoms with van der Waals surface area (Å²) in [4.78, 5) is 2.65. The third-order valence-corrected chi connectivity index (χ3v) is 4.38. The highest BCUT2D eigenvalue weighted by atomic mass is 15.2. The Morgan fingerprint density at radius 3 is 2.94 bits per heavy atom. The normalized spacial score (nSPS) is 26.9. The fraction of sp³-hybridized carbons (Fsp3) is 0.600. The molecule has 1 atom stereocenters. The average Bonchev–Trinajstić information content (AvgIpc) is 2.72. The molecule has 0 spiro atoms. The molecule has 1 unspecified atom stereocenters. The van der Waals surface area contributed by atoms with E-state index in [0.717, 1.165) is 13.1 Å². The predicted octanol–water partition coefficient (Wildman–Crippen LogP) is 2.44. The van der Waals surface area contributed by atoms with Crippen LogP contribution >= 0.6 is 0 Å². The van der Waals surface area contributed by atoms with Gasteiger partial charge in [0.25, 0.3) is 0 Å². The molecule has 2 aliphatic heterocycles. The van der Waals surface area contributed by atoms with E-state index in [4.69, 9.17) is 0 Å². The second-order valence-corrected chi connectivity index (χ2v) is 6.04. The molecule has 2 heterocycles. The second-order valence-electron chi connectivity index (χ2n) is 6.04. The molecule has 0 radical (unpaired) electrons. The van der Waals surface area contributed by atoms with Crippen LogP contribution in [0.15, 0.2) is 24.3 Å². The number of benzene rings is 1. The van der Waals surface area contributed by atoms with Gasteiger partial charge in [-0.05, 0) is 36.4 Å². The maximum absolute atomic E-state index is 3.53. The van der Waals surface area contributed by atoms with E-state index in [1.165, 1.54) is 30.6 Å². The van der Waals surface area contributed by atoms with Crippen molar-refractivity contribution in [1.82, 2.24) is 5.32 Å². The number of hydrogen-bond acceptors (Lipinski definition) is 2. The molecular formula is C15H22N2. The summed E-state index contributed by atoms with van der Waals surface area (Å²) in [6.07, 6.45) is 2.48. The summed E-state index contributed by atoms with van der Waals surface area (Å²) in [7, 11) is 0. The topological polar surface area (TPSA) is 15.3 Å². The van der Waals surface area contributed by atoms with Crippen LogP contribution in [0.2, 0.25) is 0 Å². The monoisotopic (exact) mass is 230 g/mol. The summed E-state index contributed by atoms with van der Waals surface area (Å²) in [6, 6.07) is 9.60. The van der Waals surface area contributed by atoms with Gasteiger partial charge in [0.2, 0.25) is 0 Å². The van der Waals surface area contributed by atoms with Gasteiger partial charge in [-0.25, -0.2) is 0 Å². The van der Waals surface area contributed by atoms with Crippen molar-refractivity contribution < 1.29 is 0 Å². The number of nitrogens with one attached hydrogen (secondary N) is 1. The first-order chi connectivity index (χ1) is 8.18. The Kier molecular flexibility index (Phi) is 2.62. The van der Waals surface area contributed by atoms with Gasteiger partial charge in [0.1, 0.15) is 0 Å². The molecule has 0 aromatic heterocycles. The lowest BCUT2D eigenvalue weighted by Gasteiger charge is -2.45. The number of piperidine rings is 1. The van der Waals surface area contributed by atoms with Gasteiger partial charge in [-0.3, -0.25) is 0 Å². The third-order valence-electron chi connectivity index (χ3n) is 4.38. The Labute approximate surface area is 104 Å². The minimum atomic E-state index is 0.371. The standard InChI is InChI=1S/C15H22N2/c1-15(2)11-16-9-7-14(15)17-10-8-12-5-3-4-6-13(12)17/h3-6,14,16H,7-11H2,1-2H3. The van der Waals surface area contributed by atoms with Crippen LogP contribution < -0.4 is 10.2 Å². The van der Waals surface area contributed by atoms with Crippen LogP contribution in [0.3, 0.4) is 0 Å². The number of para-hydroxylation sites is 1. The Morgan fingerprint density at radius 2 is 2.12 bits per heavy atom. The van der Waals surface area contributed by atoms with Crippen molar-refractivity contribution in [3.05, 3.63) is 29.8 Å². The van der Waals surface area contributed by atoms with Gasteiger partial charge >= 0.3 is 0 Å². The van der Waals surface area contributed by atoms with Crippen molar-refractivity contribution in [2.75, 3.05) is 24.5 Å². The van der Waals surface area contributed by atoms with Crippen molar-refractivity contribution >= 4 is 5.69 Å². The lowest BCUT2D eigenvalue weighted by molar-refractivity contribution is 0.212. The molecule has 1 aromatic carbocycles. The number of hydrogen-bond donors (Lipinski definition) is 1. The molecule has 3 rings (SSSR count). The van der Waals surface area contributed by atoms with E-state index in [2.05, 4.69) is 48.3 Å². The molecule has 0 bridgehead atoms. The van der Waals surface area contributed by atoms with Crippen LogP contribution in [-0.4, -0.2) is 25.7 Å². The SMILES string of the molecule is CC1(C)CNCCC1N1CCc2ccccc21. The summed E-state index contributed by atoms with van der Waals surface area (Å²) >= 11 is 0. The average molecular weight is 230 g/mol. The molecular weight excluding hydrogens is 208 g/mol. The van der Waals surface area contributed by atoms with Crippen molar-refractivity contribution in [2.24, 2.45) is 5.41 Å². The zero-order valence-corrected chi connectivity index (χ0v) is 10.9. The Hall–Kier alpha value is -1.02. The molecule has 0 amide bonds. The predicted molar refractivity (Wildman–Crippen MR) is 72.5 cm³/mol. The van der Waals surface area contributed by atoms with Gasteiger partial charge in [0, 0.05) is 24.8 Å². The minimum absolute atomic E-state index is 0.371. The lowest BCUT2D eigenvalue weighted by atomic mass is 9.79. The number of nitrogens with zero attached hydrogens (tertiary/aromatic N) is 1. The summed E-state index contributed by atoms with van der Waals surface area (Å²) < 4.78 is 0. The minimum Gasteiger partial charge on any atom is -0.367 e. The Bertz CT molecular complexity index is 411. The van der Waals surface area contributed by atoms with Crippen LogP contribution in [0.1, 0.15) is 25.8 Å². The first kappa shape index (κ1) is 11.1. The van der Waals surface area contributed by atoms with Crippen molar-refractivity contribution in [3.63, 3.8) is 0 Å². The van der Waals surface area contributed by atoms with Crippen LogP contribution in [0.5, 0.6) is 0 Å². The molecule has 2 aliphatic rings. The highest BCUT2D eigenvalue weighted by Crippen LogP contribution is 2.37. The second kappa shape index (κ2) is 4.02. The van der Waals surface area contributed by atoms with Gasteiger partial charge in [-0.1, -0.05) is 32.0 Å². The van der Waals surface area contributed by atoms with E-state index >= 15 is 0 Å². The zero-order chi connectivity index (χ0) is 11.9. The van der Waals surface area contributed by atoms with E-state index < -0.39 is 0 Å². The maximum Gasteiger partial charge on any atom is 0.0402 e. The van der Waals surface area contributed by atoms with Gasteiger partial charge < -0.3 is 10.2 Å². The summed E-state index contributed by atoms with van der Waals surface area (Å²) in [5.74, 6) is 0. The molecule has 1 aromatic rings. The molecule has 17 heavy (non-hydrogen) atoms. The van der Waals surface area contributed by atoms with E-state index in [0.29, 0.717) is 11.5 Å². The van der Waals surface area contributed by atoms with Crippen molar-refractivity contribution in [3.8, 4) is 0 Å². The maximum atomic E-state index is 3.53. The quantitative estimate of drug-likeness (QED) is 0.797. The molecule has 2 heteroatoms. The first-order valence-electron chi connectivity index (χ1n) is 6.74. The van der Waals surface area contributed by atoms with Gasteiger partial charge in [0.15, 0.2) is 0 Å². The lowest BCUT2D eigenvalue weighted by Crippen LogP contribution is -2.54. The van der Waals surface area contributed by atoms with Crippen LogP contribution in [0.4, 0.5) is 5.69 Å². The number of anilines is 1. The van der Waals surface area contributed by atoms with Gasteiger partial charge in [0.05, 0.1) is 0 Å². The number of fused-ring (bicyclic) bond motifs is 1. The van der Waals surface area contributed by atoms with Crippen LogP contribution in [-0.2, 0) is 6.42 Å². The van der Waals surface area contributed by atoms with E-state index in [1.807, 2.05) is 0 Å². The zero-order valence-electron chi connectivity index (χ0n) is 10.9. The van der Waals surface area contributed by atoms with E-state index in [9.17, 15) is 0 Å². The van der Waals surface area contributed by atoms with Crippen LogP contribution in [0.25, 0.3) is 0 Å². The largest absolute Gasteiger partial charge is 0.367 e. The fourth-order valence-electron chi connectivity index (χ4n) is 3.42. The summed E-state index contributed by atoms with van der Waals surface area (Å²) in [5.41, 5.74) is 3.38. The smallest absolute Gasteiger partial charge is 0.0402 e. The first-order valence-corrected chi connectivity index (χ1v) is 6.74. The summed E-state index contributed by atoms with van der Waals surface area (Å²) in [6.45, 7) is 8.28. The van der Waals surface area contributed by atoms with Gasteiger partial charge in [-0.15, -0.1) is 0 Å². The molecule has 92 valence electrons. The molecule has 1 saturated heterocycles. The van der Waals surface area contributed by atoms with Crippen LogP contribution in [0, 0.1) is 5.41 Å². The third kappa shape index (κ3) is 1.85. The molecule has 0 aliphatic carbocycles. The molecule has 2 nitrogen and oxygen atoms in total. The molecule has 1 N–H and O–H groups in total. The van der Waals surface area contributed by atoms with Crippen molar-refractivity contribution in [1.29, 1.82) is 0 Å². The fourth-order valence-corrected chi connectivity index (χ4v) is 3.42. The number of rotatable bonds is 1.